The molecule has 8 nitrogen and oxygen atoms in total. The van der Waals surface area contributed by atoms with Gasteiger partial charge in [-0.3, -0.25) is 4.57 Å². The van der Waals surface area contributed by atoms with Crippen LogP contribution in [0.25, 0.3) is 0 Å². The first kappa shape index (κ1) is 20.0. The van der Waals surface area contributed by atoms with Crippen molar-refractivity contribution < 1.29 is 31.1 Å². The van der Waals surface area contributed by atoms with Crippen molar-refractivity contribution in [1.29, 1.82) is 0 Å². The molecule has 2 rings (SSSR count). The Balaban J connectivity index is 2.19. The molecule has 0 bridgehead atoms. The number of sulfonamides is 1. The van der Waals surface area contributed by atoms with Crippen LogP contribution >= 0.6 is 0 Å². The molecule has 0 saturated carbocycles. The van der Waals surface area contributed by atoms with E-state index in [4.69, 9.17) is 4.74 Å². The van der Waals surface area contributed by atoms with Gasteiger partial charge in [-0.15, -0.1) is 18.3 Å². The van der Waals surface area contributed by atoms with Crippen LogP contribution in [0, 0.1) is 0 Å². The zero-order valence-corrected chi connectivity index (χ0v) is 14.9. The summed E-state index contributed by atoms with van der Waals surface area (Å²) in [6, 6.07) is 3.36. The van der Waals surface area contributed by atoms with Crippen molar-refractivity contribution in [3.05, 3.63) is 30.1 Å². The van der Waals surface area contributed by atoms with E-state index in [1.54, 1.807) is 11.5 Å². The van der Waals surface area contributed by atoms with E-state index in [2.05, 4.69) is 19.7 Å². The fraction of sp³-hybridized carbons (Fsp3) is 0.429. The molecule has 0 spiro atoms. The first-order chi connectivity index (χ1) is 12.1. The van der Waals surface area contributed by atoms with Gasteiger partial charge in [0.2, 0.25) is 10.0 Å². The number of aromatic nitrogens is 3. The van der Waals surface area contributed by atoms with Gasteiger partial charge in [-0.25, -0.2) is 13.1 Å². The normalized spacial score (nSPS) is 13.5. The zero-order chi connectivity index (χ0) is 19.5. The molecule has 144 valence electrons. The Bertz CT molecular complexity index is 850. The second-order valence-electron chi connectivity index (χ2n) is 5.15. The monoisotopic (exact) mass is 394 g/mol. The first-order valence-electron chi connectivity index (χ1n) is 7.42. The summed E-state index contributed by atoms with van der Waals surface area (Å²) in [7, 11) is -2.58. The summed E-state index contributed by atoms with van der Waals surface area (Å²) in [6.07, 6.45) is -4.85. The van der Waals surface area contributed by atoms with E-state index < -0.39 is 28.2 Å². The molecule has 0 radical (unpaired) electrons. The van der Waals surface area contributed by atoms with Crippen LogP contribution in [0.15, 0.2) is 29.2 Å². The van der Waals surface area contributed by atoms with Crippen LogP contribution in [-0.4, -0.2) is 36.7 Å². The van der Waals surface area contributed by atoms with Gasteiger partial charge in [-0.2, -0.15) is 0 Å². The van der Waals surface area contributed by atoms with Crippen molar-refractivity contribution in [3.8, 4) is 11.8 Å². The molecule has 0 saturated heterocycles. The van der Waals surface area contributed by atoms with Gasteiger partial charge in [-0.05, 0) is 38.1 Å². The predicted octanol–water partition coefficient (Wildman–Crippen LogP) is 2.24. The van der Waals surface area contributed by atoms with Gasteiger partial charge in [-0.1, -0.05) is 5.10 Å². The molecular formula is C14H17F3N4O4S. The van der Waals surface area contributed by atoms with Crippen LogP contribution in [0.2, 0.25) is 0 Å². The molecular weight excluding hydrogens is 377 g/mol. The lowest BCUT2D eigenvalue weighted by Crippen LogP contribution is -2.29. The minimum absolute atomic E-state index is 0.214. The highest BCUT2D eigenvalue weighted by Gasteiger charge is 2.31. The topological polar surface area (TPSA) is 95.3 Å². The molecule has 1 atom stereocenters. The van der Waals surface area contributed by atoms with Crippen LogP contribution in [-0.2, 0) is 16.6 Å². The molecule has 0 amide bonds. The minimum Gasteiger partial charge on any atom is -0.467 e. The molecule has 0 aliphatic heterocycles. The molecule has 1 aromatic heterocycles. The maximum Gasteiger partial charge on any atom is 0.573 e. The van der Waals surface area contributed by atoms with Crippen LogP contribution in [0.3, 0.4) is 0 Å². The number of ether oxygens (including phenoxy) is 2. The number of hydrogen-bond donors (Lipinski definition) is 1. The average Bonchev–Trinajstić information content (AvgIpc) is 2.96. The molecule has 26 heavy (non-hydrogen) atoms. The van der Waals surface area contributed by atoms with Crippen molar-refractivity contribution >= 4 is 10.0 Å². The third-order valence-corrected chi connectivity index (χ3v) is 4.89. The molecule has 0 fully saturated rings. The summed E-state index contributed by atoms with van der Waals surface area (Å²) in [5, 5.41) is 7.71. The second kappa shape index (κ2) is 7.50. The number of methoxy groups -OCH3 is 1. The number of benzene rings is 1. The summed E-state index contributed by atoms with van der Waals surface area (Å²) in [5.74, 6) is -0.176. The molecule has 0 aliphatic rings. The van der Waals surface area contributed by atoms with Gasteiger partial charge in [0.05, 0.1) is 18.0 Å². The van der Waals surface area contributed by atoms with Crippen molar-refractivity contribution in [1.82, 2.24) is 19.5 Å². The minimum atomic E-state index is -4.85. The maximum atomic E-state index is 12.4. The SMILES string of the molecule is CCn1c(OC)nnc1[C@@H](C)NS(=O)(=O)c1ccc(OC(F)(F)F)cc1. The van der Waals surface area contributed by atoms with Crippen LogP contribution in [0.4, 0.5) is 13.2 Å². The highest BCUT2D eigenvalue weighted by atomic mass is 32.2. The van der Waals surface area contributed by atoms with Crippen molar-refractivity contribution in [2.75, 3.05) is 7.11 Å². The number of halogens is 3. The largest absolute Gasteiger partial charge is 0.573 e. The summed E-state index contributed by atoms with van der Waals surface area (Å²) in [6.45, 7) is 3.84. The Kier molecular flexibility index (Phi) is 5.76. The Morgan fingerprint density at radius 1 is 1.23 bits per heavy atom. The number of alkyl halides is 3. The van der Waals surface area contributed by atoms with Crippen LogP contribution < -0.4 is 14.2 Å². The van der Waals surface area contributed by atoms with E-state index in [9.17, 15) is 21.6 Å². The molecule has 1 N–H and O–H groups in total. The lowest BCUT2D eigenvalue weighted by atomic mass is 10.3. The molecule has 0 aliphatic carbocycles. The van der Waals surface area contributed by atoms with Gasteiger partial charge in [0, 0.05) is 6.54 Å². The summed E-state index contributed by atoms with van der Waals surface area (Å²) in [5.41, 5.74) is 0. The number of hydrogen-bond acceptors (Lipinski definition) is 6. The summed E-state index contributed by atoms with van der Waals surface area (Å²) in [4.78, 5) is -0.214. The van der Waals surface area contributed by atoms with Gasteiger partial charge in [0.25, 0.3) is 0 Å². The van der Waals surface area contributed by atoms with Crippen LogP contribution in [0.5, 0.6) is 11.8 Å². The first-order valence-corrected chi connectivity index (χ1v) is 8.91. The van der Waals surface area contributed by atoms with Crippen molar-refractivity contribution in [2.24, 2.45) is 0 Å². The van der Waals surface area contributed by atoms with Gasteiger partial charge >= 0.3 is 12.4 Å². The number of nitrogens with one attached hydrogen (secondary N) is 1. The van der Waals surface area contributed by atoms with E-state index >= 15 is 0 Å². The average molecular weight is 394 g/mol. The lowest BCUT2D eigenvalue weighted by Gasteiger charge is -2.15. The third kappa shape index (κ3) is 4.64. The van der Waals surface area contributed by atoms with E-state index in [0.29, 0.717) is 12.4 Å². The fourth-order valence-corrected chi connectivity index (χ4v) is 3.44. The lowest BCUT2D eigenvalue weighted by molar-refractivity contribution is -0.274. The summed E-state index contributed by atoms with van der Waals surface area (Å²) >= 11 is 0. The van der Waals surface area contributed by atoms with Gasteiger partial charge in [0.1, 0.15) is 5.75 Å². The Labute approximate surface area is 148 Å². The molecule has 0 unspecified atom stereocenters. The Morgan fingerprint density at radius 3 is 2.35 bits per heavy atom. The van der Waals surface area contributed by atoms with Crippen molar-refractivity contribution in [2.45, 2.75) is 37.7 Å². The molecule has 1 aromatic carbocycles. The van der Waals surface area contributed by atoms with E-state index in [1.807, 2.05) is 6.92 Å². The third-order valence-electron chi connectivity index (χ3n) is 3.33. The Morgan fingerprint density at radius 2 is 1.85 bits per heavy atom. The smallest absolute Gasteiger partial charge is 0.467 e. The predicted molar refractivity (Wildman–Crippen MR) is 84.1 cm³/mol. The maximum absolute atomic E-state index is 12.4. The molecule has 12 heteroatoms. The Hall–Kier alpha value is -2.34. The summed E-state index contributed by atoms with van der Waals surface area (Å²) < 4.78 is 74.1. The van der Waals surface area contributed by atoms with E-state index in [-0.39, 0.29) is 10.9 Å². The highest BCUT2D eigenvalue weighted by Crippen LogP contribution is 2.25. The standard InChI is InChI=1S/C14H17F3N4O4S/c1-4-21-12(18-19-13(21)24-3)9(2)20-26(22,23)11-7-5-10(6-8-11)25-14(15,16)17/h5-9,20H,4H2,1-3H3/t9-/m1/s1. The van der Waals surface area contributed by atoms with Gasteiger partial charge < -0.3 is 9.47 Å². The number of nitrogens with zero attached hydrogens (tertiary/aromatic N) is 3. The van der Waals surface area contributed by atoms with Crippen molar-refractivity contribution in [3.63, 3.8) is 0 Å². The fourth-order valence-electron chi connectivity index (χ4n) is 2.24. The van der Waals surface area contributed by atoms with E-state index in [0.717, 1.165) is 24.3 Å². The van der Waals surface area contributed by atoms with Crippen LogP contribution in [0.1, 0.15) is 25.7 Å². The van der Waals surface area contributed by atoms with Gasteiger partial charge in [0.15, 0.2) is 5.82 Å². The second-order valence-corrected chi connectivity index (χ2v) is 6.87. The van der Waals surface area contributed by atoms with E-state index in [1.165, 1.54) is 7.11 Å². The quantitative estimate of drug-likeness (QED) is 0.774. The molecule has 2 aromatic rings. The highest BCUT2D eigenvalue weighted by molar-refractivity contribution is 7.89. The zero-order valence-electron chi connectivity index (χ0n) is 14.1. The number of rotatable bonds is 7. The molecule has 1 heterocycles.